The van der Waals surface area contributed by atoms with Gasteiger partial charge in [0.1, 0.15) is 5.82 Å². The van der Waals surface area contributed by atoms with Crippen molar-refractivity contribution in [2.75, 3.05) is 0 Å². The fourth-order valence-electron chi connectivity index (χ4n) is 3.04. The molecule has 0 N–H and O–H groups in total. The molecule has 5 aromatic rings. The van der Waals surface area contributed by atoms with Gasteiger partial charge in [-0.2, -0.15) is 4.98 Å². The van der Waals surface area contributed by atoms with Crippen molar-refractivity contribution >= 4 is 28.4 Å². The van der Waals surface area contributed by atoms with Crippen LogP contribution in [0.25, 0.3) is 33.1 Å². The largest absolute Gasteiger partial charge is 0.452 e. The van der Waals surface area contributed by atoms with E-state index in [1.54, 1.807) is 13.0 Å². The van der Waals surface area contributed by atoms with Crippen LogP contribution in [0.5, 0.6) is 0 Å². The summed E-state index contributed by atoms with van der Waals surface area (Å²) in [7, 11) is 0. The third-order valence-corrected chi connectivity index (χ3v) is 5.40. The highest BCUT2D eigenvalue weighted by Gasteiger charge is 2.21. The summed E-state index contributed by atoms with van der Waals surface area (Å²) in [6.45, 7) is 1.50. The Labute approximate surface area is 178 Å². The van der Waals surface area contributed by atoms with Gasteiger partial charge in [0.05, 0.1) is 27.2 Å². The Morgan fingerprint density at radius 3 is 2.74 bits per heavy atom. The van der Waals surface area contributed by atoms with Crippen LogP contribution in [0.1, 0.15) is 21.9 Å². The number of carbonyl (C=O) groups excluding carboxylic acids is 1. The Bertz CT molecular complexity index is 1380. The zero-order valence-electron chi connectivity index (χ0n) is 16.0. The van der Waals surface area contributed by atoms with Crippen molar-refractivity contribution in [1.82, 2.24) is 20.3 Å². The van der Waals surface area contributed by atoms with E-state index in [2.05, 4.69) is 20.3 Å². The van der Waals surface area contributed by atoms with Crippen molar-refractivity contribution in [2.24, 2.45) is 0 Å². The van der Waals surface area contributed by atoms with Crippen molar-refractivity contribution in [3.8, 4) is 22.0 Å². The van der Waals surface area contributed by atoms with E-state index in [-0.39, 0.29) is 35.4 Å². The molecule has 0 bridgehead atoms. The van der Waals surface area contributed by atoms with E-state index in [4.69, 9.17) is 13.8 Å². The molecule has 4 aromatic heterocycles. The number of pyridine rings is 1. The fraction of sp³-hybridized carbons (Fsp3) is 0.0952. The molecule has 10 heteroatoms. The second-order valence-corrected chi connectivity index (χ2v) is 7.52. The van der Waals surface area contributed by atoms with Crippen molar-refractivity contribution in [1.29, 1.82) is 0 Å². The summed E-state index contributed by atoms with van der Waals surface area (Å²) in [4.78, 5) is 22.4. The van der Waals surface area contributed by atoms with Crippen LogP contribution in [-0.2, 0) is 11.3 Å². The Morgan fingerprint density at radius 1 is 1.13 bits per heavy atom. The fourth-order valence-corrected chi connectivity index (χ4v) is 3.73. The van der Waals surface area contributed by atoms with Crippen LogP contribution in [0.15, 0.2) is 56.9 Å². The average Bonchev–Trinajstić information content (AvgIpc) is 3.54. The Morgan fingerprint density at radius 2 is 1.97 bits per heavy atom. The number of rotatable bonds is 5. The number of nitrogens with zero attached hydrogens (tertiary/aromatic N) is 4. The number of thiophene rings is 1. The lowest BCUT2D eigenvalue weighted by atomic mass is 10.1. The molecule has 0 radical (unpaired) electrons. The molecule has 4 heterocycles. The van der Waals surface area contributed by atoms with E-state index < -0.39 is 5.97 Å². The summed E-state index contributed by atoms with van der Waals surface area (Å²) >= 11 is 1.49. The normalized spacial score (nSPS) is 11.2. The topological polar surface area (TPSA) is 104 Å². The Hall–Kier alpha value is -3.92. The average molecular weight is 436 g/mol. The molecule has 0 fully saturated rings. The molecule has 154 valence electrons. The van der Waals surface area contributed by atoms with Gasteiger partial charge < -0.3 is 13.8 Å². The van der Waals surface area contributed by atoms with Crippen molar-refractivity contribution in [3.63, 3.8) is 0 Å². The van der Waals surface area contributed by atoms with Gasteiger partial charge in [0, 0.05) is 5.56 Å². The number of halogens is 1. The summed E-state index contributed by atoms with van der Waals surface area (Å²) in [6, 6.07) is 11.1. The molecule has 1 aromatic carbocycles. The lowest BCUT2D eigenvalue weighted by molar-refractivity contribution is 0.0432. The molecule has 5 rings (SSSR count). The van der Waals surface area contributed by atoms with E-state index in [0.29, 0.717) is 22.3 Å². The number of carbonyl (C=O) groups is 1. The maximum Gasteiger partial charge on any atom is 0.339 e. The molecule has 8 nitrogen and oxygen atoms in total. The van der Waals surface area contributed by atoms with Crippen LogP contribution in [0.3, 0.4) is 0 Å². The molecular formula is C21H13FN4O4S. The Kier molecular flexibility index (Phi) is 4.75. The third-order valence-electron chi connectivity index (χ3n) is 4.51. The van der Waals surface area contributed by atoms with E-state index in [1.807, 2.05) is 17.5 Å². The lowest BCUT2D eigenvalue weighted by Gasteiger charge is -2.05. The van der Waals surface area contributed by atoms with Crippen LogP contribution in [-0.4, -0.2) is 26.3 Å². The van der Waals surface area contributed by atoms with Crippen LogP contribution >= 0.6 is 11.3 Å². The maximum absolute atomic E-state index is 13.1. The van der Waals surface area contributed by atoms with Gasteiger partial charge in [-0.15, -0.1) is 11.3 Å². The molecule has 0 aliphatic heterocycles. The van der Waals surface area contributed by atoms with E-state index in [9.17, 15) is 9.18 Å². The minimum absolute atomic E-state index is 0.110. The summed E-state index contributed by atoms with van der Waals surface area (Å²) < 4.78 is 28.9. The summed E-state index contributed by atoms with van der Waals surface area (Å²) in [5.41, 5.74) is 2.24. The number of aromatic nitrogens is 4. The number of fused-ring (bicyclic) bond motifs is 1. The van der Waals surface area contributed by atoms with E-state index >= 15 is 0 Å². The van der Waals surface area contributed by atoms with Gasteiger partial charge in [-0.3, -0.25) is 0 Å². The first kappa shape index (κ1) is 19.1. The predicted octanol–water partition coefficient (Wildman–Crippen LogP) is 4.81. The molecule has 0 amide bonds. The first-order chi connectivity index (χ1) is 15.1. The van der Waals surface area contributed by atoms with Crippen LogP contribution in [0, 0.1) is 12.7 Å². The van der Waals surface area contributed by atoms with Crippen molar-refractivity contribution in [2.45, 2.75) is 13.5 Å². The zero-order valence-corrected chi connectivity index (χ0v) is 16.9. The molecule has 0 saturated carbocycles. The van der Waals surface area contributed by atoms with Crippen LogP contribution in [0.4, 0.5) is 4.39 Å². The number of hydrogen-bond donors (Lipinski definition) is 0. The SMILES string of the molecule is Cc1noc2nc(-c3cccs3)cc(C(=O)OCc3nc(-c4ccc(F)cc4)no3)c12. The van der Waals surface area contributed by atoms with Crippen molar-refractivity contribution in [3.05, 3.63) is 70.8 Å². The van der Waals surface area contributed by atoms with E-state index in [0.717, 1.165) is 4.88 Å². The van der Waals surface area contributed by atoms with Gasteiger partial charge >= 0.3 is 5.97 Å². The zero-order chi connectivity index (χ0) is 21.4. The number of aryl methyl sites for hydroxylation is 1. The van der Waals surface area contributed by atoms with Gasteiger partial charge in [-0.1, -0.05) is 16.4 Å². The highest BCUT2D eigenvalue weighted by atomic mass is 32.1. The standard InChI is InChI=1S/C21H13FN4O4S/c1-11-18-14(9-15(16-3-2-8-31-16)23-20(18)30-25-11)21(27)28-10-17-24-19(26-29-17)12-4-6-13(22)7-5-12/h2-9H,10H2,1H3. The smallest absolute Gasteiger partial charge is 0.339 e. The number of esters is 1. The number of hydrogen-bond acceptors (Lipinski definition) is 9. The molecule has 0 spiro atoms. The molecular weight excluding hydrogens is 423 g/mol. The highest BCUT2D eigenvalue weighted by Crippen LogP contribution is 2.30. The molecule has 0 saturated heterocycles. The monoisotopic (exact) mass is 436 g/mol. The second kappa shape index (κ2) is 7.73. The molecule has 0 aliphatic rings. The van der Waals surface area contributed by atoms with Crippen LogP contribution in [0.2, 0.25) is 0 Å². The van der Waals surface area contributed by atoms with Gasteiger partial charge in [-0.05, 0) is 48.7 Å². The summed E-state index contributed by atoms with van der Waals surface area (Å²) in [6.07, 6.45) is 0. The number of benzene rings is 1. The predicted molar refractivity (Wildman–Crippen MR) is 109 cm³/mol. The molecule has 0 atom stereocenters. The van der Waals surface area contributed by atoms with E-state index in [1.165, 1.54) is 35.6 Å². The number of ether oxygens (including phenoxy) is 1. The van der Waals surface area contributed by atoms with Gasteiger partial charge in [0.2, 0.25) is 5.82 Å². The van der Waals surface area contributed by atoms with Gasteiger partial charge in [0.25, 0.3) is 11.6 Å². The third kappa shape index (κ3) is 3.68. The second-order valence-electron chi connectivity index (χ2n) is 6.58. The maximum atomic E-state index is 13.1. The highest BCUT2D eigenvalue weighted by molar-refractivity contribution is 7.13. The quantitative estimate of drug-likeness (QED) is 0.362. The van der Waals surface area contributed by atoms with Crippen molar-refractivity contribution < 1.29 is 23.0 Å². The minimum atomic E-state index is -0.599. The molecule has 31 heavy (non-hydrogen) atoms. The first-order valence-corrected chi connectivity index (χ1v) is 10.0. The minimum Gasteiger partial charge on any atom is -0.452 e. The molecule has 0 unspecified atom stereocenters. The van der Waals surface area contributed by atoms with Gasteiger partial charge in [0.15, 0.2) is 6.61 Å². The first-order valence-electron chi connectivity index (χ1n) is 9.15. The van der Waals surface area contributed by atoms with Gasteiger partial charge in [-0.25, -0.2) is 14.2 Å². The summed E-state index contributed by atoms with van der Waals surface area (Å²) in [5.74, 6) is -0.584. The van der Waals surface area contributed by atoms with Crippen LogP contribution < -0.4 is 0 Å². The Balaban J connectivity index is 1.39. The summed E-state index contributed by atoms with van der Waals surface area (Å²) in [5, 5.41) is 10.2. The molecule has 0 aliphatic carbocycles. The lowest BCUT2D eigenvalue weighted by Crippen LogP contribution is -2.07.